The van der Waals surface area contributed by atoms with Crippen molar-refractivity contribution >= 4 is 23.4 Å². The van der Waals surface area contributed by atoms with E-state index in [9.17, 15) is 9.59 Å². The molecule has 1 N–H and O–H groups in total. The van der Waals surface area contributed by atoms with E-state index in [1.807, 2.05) is 30.9 Å². The van der Waals surface area contributed by atoms with Crippen molar-refractivity contribution in [3.63, 3.8) is 0 Å². The molecule has 36 heavy (non-hydrogen) atoms. The minimum Gasteiger partial charge on any atom is -0.490 e. The molecule has 1 aromatic carbocycles. The number of carbonyl (C=O) groups excluding carboxylic acids is 2. The van der Waals surface area contributed by atoms with Gasteiger partial charge in [0.15, 0.2) is 0 Å². The second-order valence-electron chi connectivity index (χ2n) is 10.6. The SMILES string of the molecule is CCC(CC)CN1CCO[C@](COc2cc(C)c(Cl)c(C)c2)(CC(=O)N2CCC(NC(C)=O)CC2)C1. The predicted octanol–water partition coefficient (Wildman–Crippen LogP) is 4.36. The molecule has 2 aliphatic heterocycles. The Morgan fingerprint density at radius 1 is 1.17 bits per heavy atom. The van der Waals surface area contributed by atoms with Crippen molar-refractivity contribution in [2.45, 2.75) is 78.4 Å². The third kappa shape index (κ3) is 7.83. The number of carbonyl (C=O) groups is 2. The summed E-state index contributed by atoms with van der Waals surface area (Å²) in [7, 11) is 0. The number of rotatable bonds is 10. The molecule has 1 atom stereocenters. The number of morpholine rings is 1. The Morgan fingerprint density at radius 3 is 2.39 bits per heavy atom. The summed E-state index contributed by atoms with van der Waals surface area (Å²) >= 11 is 6.35. The number of amides is 2. The molecule has 3 rings (SSSR count). The van der Waals surface area contributed by atoms with Crippen molar-refractivity contribution in [1.82, 2.24) is 15.1 Å². The fourth-order valence-corrected chi connectivity index (χ4v) is 5.50. The smallest absolute Gasteiger partial charge is 0.225 e. The Labute approximate surface area is 221 Å². The fraction of sp³-hybridized carbons (Fsp3) is 0.714. The number of hydrogen-bond donors (Lipinski definition) is 1. The lowest BCUT2D eigenvalue weighted by Gasteiger charge is -2.44. The number of ether oxygens (including phenoxy) is 2. The van der Waals surface area contributed by atoms with Crippen LogP contribution >= 0.6 is 11.6 Å². The van der Waals surface area contributed by atoms with Crippen molar-refractivity contribution in [3.8, 4) is 5.75 Å². The molecule has 7 nitrogen and oxygen atoms in total. The Bertz CT molecular complexity index is 876. The number of piperidine rings is 1. The topological polar surface area (TPSA) is 71.1 Å². The van der Waals surface area contributed by atoms with Crippen LogP contribution in [0.5, 0.6) is 5.75 Å². The zero-order valence-corrected chi connectivity index (χ0v) is 23.5. The zero-order valence-electron chi connectivity index (χ0n) is 22.7. The third-order valence-electron chi connectivity index (χ3n) is 7.64. The van der Waals surface area contributed by atoms with Gasteiger partial charge in [-0.05, 0) is 55.9 Å². The van der Waals surface area contributed by atoms with E-state index in [0.29, 0.717) is 38.8 Å². The van der Waals surface area contributed by atoms with Gasteiger partial charge in [-0.25, -0.2) is 0 Å². The summed E-state index contributed by atoms with van der Waals surface area (Å²) in [6.07, 6.45) is 4.12. The Kier molecular flexibility index (Phi) is 10.5. The number of nitrogens with zero attached hydrogens (tertiary/aromatic N) is 2. The molecule has 0 radical (unpaired) electrons. The molecule has 2 heterocycles. The molecule has 2 aliphatic rings. The first-order chi connectivity index (χ1) is 17.1. The van der Waals surface area contributed by atoms with Gasteiger partial charge in [-0.15, -0.1) is 0 Å². The molecule has 2 amide bonds. The highest BCUT2D eigenvalue weighted by molar-refractivity contribution is 6.32. The van der Waals surface area contributed by atoms with Gasteiger partial charge in [0.2, 0.25) is 11.8 Å². The van der Waals surface area contributed by atoms with Crippen molar-refractivity contribution in [1.29, 1.82) is 0 Å². The third-order valence-corrected chi connectivity index (χ3v) is 8.24. The van der Waals surface area contributed by atoms with Crippen LogP contribution in [0.15, 0.2) is 12.1 Å². The number of likely N-dealkylation sites (tertiary alicyclic amines) is 1. The van der Waals surface area contributed by atoms with Gasteiger partial charge in [-0.3, -0.25) is 14.5 Å². The summed E-state index contributed by atoms with van der Waals surface area (Å²) in [5.74, 6) is 1.45. The van der Waals surface area contributed by atoms with Gasteiger partial charge in [0.1, 0.15) is 18.0 Å². The molecule has 0 aromatic heterocycles. The average molecular weight is 522 g/mol. The quantitative estimate of drug-likeness (QED) is 0.495. The molecule has 2 saturated heterocycles. The molecular weight excluding hydrogens is 478 g/mol. The maximum absolute atomic E-state index is 13.5. The first kappa shape index (κ1) is 28.7. The van der Waals surface area contributed by atoms with Crippen molar-refractivity contribution in [2.75, 3.05) is 45.9 Å². The Hall–Kier alpha value is -1.83. The maximum atomic E-state index is 13.5. The summed E-state index contributed by atoms with van der Waals surface area (Å²) < 4.78 is 12.7. The second kappa shape index (κ2) is 13.1. The van der Waals surface area contributed by atoms with Crippen LogP contribution < -0.4 is 10.1 Å². The van der Waals surface area contributed by atoms with E-state index in [2.05, 4.69) is 24.1 Å². The van der Waals surface area contributed by atoms with Gasteiger partial charge in [0, 0.05) is 50.7 Å². The van der Waals surface area contributed by atoms with Gasteiger partial charge in [0.05, 0.1) is 13.0 Å². The summed E-state index contributed by atoms with van der Waals surface area (Å²) in [5, 5.41) is 3.73. The van der Waals surface area contributed by atoms with Crippen LogP contribution in [0.25, 0.3) is 0 Å². The molecular formula is C28H44ClN3O4. The minimum absolute atomic E-state index is 0.0169. The van der Waals surface area contributed by atoms with E-state index in [1.165, 1.54) is 0 Å². The summed E-state index contributed by atoms with van der Waals surface area (Å²) in [6.45, 7) is 14.7. The van der Waals surface area contributed by atoms with Crippen LogP contribution in [0.3, 0.4) is 0 Å². The Morgan fingerprint density at radius 2 is 1.81 bits per heavy atom. The number of hydrogen-bond acceptors (Lipinski definition) is 5. The van der Waals surface area contributed by atoms with Crippen LogP contribution in [-0.2, 0) is 14.3 Å². The fourth-order valence-electron chi connectivity index (χ4n) is 5.39. The predicted molar refractivity (Wildman–Crippen MR) is 144 cm³/mol. The average Bonchev–Trinajstić information content (AvgIpc) is 2.84. The molecule has 1 aromatic rings. The number of halogens is 1. The van der Waals surface area contributed by atoms with Crippen molar-refractivity contribution < 1.29 is 19.1 Å². The normalized spacial score (nSPS) is 21.6. The van der Waals surface area contributed by atoms with Gasteiger partial charge in [-0.2, -0.15) is 0 Å². The van der Waals surface area contributed by atoms with Crippen LogP contribution in [0.2, 0.25) is 5.02 Å². The first-order valence-electron chi connectivity index (χ1n) is 13.5. The standard InChI is InChI=1S/C28H44ClN3O4/c1-6-23(7-2)17-31-12-13-36-28(18-31,19-35-25-14-20(3)27(29)21(4)15-25)16-26(34)32-10-8-24(9-11-32)30-22(5)33/h14-15,23-24H,6-13,16-19H2,1-5H3,(H,30,33)/t28-/m1/s1. The van der Waals surface area contributed by atoms with Crippen LogP contribution in [0, 0.1) is 19.8 Å². The van der Waals surface area contributed by atoms with Gasteiger partial charge in [0.25, 0.3) is 0 Å². The maximum Gasteiger partial charge on any atom is 0.225 e. The molecule has 0 spiro atoms. The lowest BCUT2D eigenvalue weighted by molar-refractivity contribution is -0.157. The van der Waals surface area contributed by atoms with E-state index in [-0.39, 0.29) is 24.3 Å². The van der Waals surface area contributed by atoms with Crippen LogP contribution in [0.1, 0.15) is 64.0 Å². The van der Waals surface area contributed by atoms with E-state index in [4.69, 9.17) is 21.1 Å². The summed E-state index contributed by atoms with van der Waals surface area (Å²) in [4.78, 5) is 29.2. The van der Waals surface area contributed by atoms with Crippen LogP contribution in [-0.4, -0.2) is 79.2 Å². The second-order valence-corrected chi connectivity index (χ2v) is 11.0. The monoisotopic (exact) mass is 521 g/mol. The lowest BCUT2D eigenvalue weighted by atomic mass is 9.94. The molecule has 0 saturated carbocycles. The molecule has 202 valence electrons. The molecule has 0 aliphatic carbocycles. The number of benzene rings is 1. The van der Waals surface area contributed by atoms with Crippen LogP contribution in [0.4, 0.5) is 0 Å². The van der Waals surface area contributed by atoms with Gasteiger partial charge in [-0.1, -0.05) is 38.3 Å². The Balaban J connectivity index is 1.72. The zero-order chi connectivity index (χ0) is 26.3. The van der Waals surface area contributed by atoms with Crippen molar-refractivity contribution in [3.05, 3.63) is 28.3 Å². The summed E-state index contributed by atoms with van der Waals surface area (Å²) in [6, 6.07) is 4.03. The number of aryl methyl sites for hydroxylation is 2. The van der Waals surface area contributed by atoms with E-state index in [0.717, 1.165) is 60.7 Å². The highest BCUT2D eigenvalue weighted by Gasteiger charge is 2.41. The van der Waals surface area contributed by atoms with E-state index >= 15 is 0 Å². The van der Waals surface area contributed by atoms with Crippen molar-refractivity contribution in [2.24, 2.45) is 5.92 Å². The number of nitrogens with one attached hydrogen (secondary N) is 1. The highest BCUT2D eigenvalue weighted by atomic mass is 35.5. The van der Waals surface area contributed by atoms with Gasteiger partial charge < -0.3 is 19.7 Å². The minimum atomic E-state index is -0.711. The van der Waals surface area contributed by atoms with E-state index in [1.54, 1.807) is 6.92 Å². The lowest BCUT2D eigenvalue weighted by Crippen LogP contribution is -2.58. The molecule has 0 unspecified atom stereocenters. The molecule has 0 bridgehead atoms. The summed E-state index contributed by atoms with van der Waals surface area (Å²) in [5.41, 5.74) is 1.23. The first-order valence-corrected chi connectivity index (χ1v) is 13.8. The van der Waals surface area contributed by atoms with Gasteiger partial charge >= 0.3 is 0 Å². The van der Waals surface area contributed by atoms with E-state index < -0.39 is 5.60 Å². The molecule has 8 heteroatoms. The molecule has 2 fully saturated rings. The largest absolute Gasteiger partial charge is 0.490 e. The highest BCUT2D eigenvalue weighted by Crippen LogP contribution is 2.30.